The molecule has 0 amide bonds. The topological polar surface area (TPSA) is 63.8 Å². The van der Waals surface area contributed by atoms with E-state index in [0.717, 1.165) is 11.3 Å². The fourth-order valence-corrected chi connectivity index (χ4v) is 2.22. The Bertz CT molecular complexity index is 500. The predicted octanol–water partition coefficient (Wildman–Crippen LogP) is 2.13. The average Bonchev–Trinajstić information content (AvgIpc) is 2.36. The van der Waals surface area contributed by atoms with Crippen LogP contribution in [-0.2, 0) is 6.42 Å². The van der Waals surface area contributed by atoms with Crippen molar-refractivity contribution in [3.8, 4) is 0 Å². The first-order valence-electron chi connectivity index (χ1n) is 5.36. The van der Waals surface area contributed by atoms with Gasteiger partial charge in [-0.3, -0.25) is 21.2 Å². The molecule has 0 bridgehead atoms. The van der Waals surface area contributed by atoms with Gasteiger partial charge in [0.05, 0.1) is 17.9 Å². The number of hydrogen-bond acceptors (Lipinski definition) is 4. The van der Waals surface area contributed by atoms with Gasteiger partial charge in [0.25, 0.3) is 0 Å². The molecule has 18 heavy (non-hydrogen) atoms. The Morgan fingerprint density at radius 1 is 1.33 bits per heavy atom. The molecule has 1 aromatic heterocycles. The highest BCUT2D eigenvalue weighted by Gasteiger charge is 2.13. The molecule has 1 unspecified atom stereocenters. The number of rotatable bonds is 4. The molecule has 3 N–H and O–H groups in total. The molecule has 2 aromatic rings. The summed E-state index contributed by atoms with van der Waals surface area (Å²) in [5.41, 5.74) is 4.22. The zero-order valence-electron chi connectivity index (χ0n) is 9.48. The molecule has 0 aliphatic heterocycles. The highest BCUT2D eigenvalue weighted by Crippen LogP contribution is 2.20. The Hall–Kier alpha value is -1.37. The van der Waals surface area contributed by atoms with E-state index in [2.05, 4.69) is 31.3 Å². The second kappa shape index (κ2) is 5.99. The summed E-state index contributed by atoms with van der Waals surface area (Å²) >= 11 is 3.26. The van der Waals surface area contributed by atoms with E-state index < -0.39 is 0 Å². The van der Waals surface area contributed by atoms with Crippen LogP contribution in [-0.4, -0.2) is 9.97 Å². The van der Waals surface area contributed by atoms with Crippen LogP contribution < -0.4 is 11.3 Å². The molecule has 4 nitrogen and oxygen atoms in total. The number of halogens is 2. The van der Waals surface area contributed by atoms with Crippen molar-refractivity contribution in [3.05, 3.63) is 58.3 Å². The molecular weight excluding hydrogens is 299 g/mol. The number of nitrogens with zero attached hydrogens (tertiary/aromatic N) is 2. The number of aromatic nitrogens is 2. The lowest BCUT2D eigenvalue weighted by atomic mass is 10.0. The van der Waals surface area contributed by atoms with Crippen LogP contribution in [0.4, 0.5) is 4.39 Å². The zero-order chi connectivity index (χ0) is 13.0. The van der Waals surface area contributed by atoms with Crippen molar-refractivity contribution in [1.82, 2.24) is 15.4 Å². The summed E-state index contributed by atoms with van der Waals surface area (Å²) in [7, 11) is 0. The van der Waals surface area contributed by atoms with Gasteiger partial charge in [-0.15, -0.1) is 0 Å². The molecule has 1 atom stereocenters. The van der Waals surface area contributed by atoms with E-state index in [0.29, 0.717) is 10.9 Å². The fourth-order valence-electron chi connectivity index (χ4n) is 1.70. The molecular formula is C12H12BrFN4. The Morgan fingerprint density at radius 2 is 2.17 bits per heavy atom. The monoisotopic (exact) mass is 310 g/mol. The van der Waals surface area contributed by atoms with Crippen molar-refractivity contribution in [2.24, 2.45) is 5.84 Å². The van der Waals surface area contributed by atoms with Gasteiger partial charge in [0.2, 0.25) is 0 Å². The number of hydrogen-bond donors (Lipinski definition) is 2. The maximum absolute atomic E-state index is 13.3. The van der Waals surface area contributed by atoms with Crippen LogP contribution in [0.2, 0.25) is 0 Å². The lowest BCUT2D eigenvalue weighted by Crippen LogP contribution is -2.30. The number of hydrazine groups is 1. The molecule has 1 aromatic carbocycles. The summed E-state index contributed by atoms with van der Waals surface area (Å²) in [4.78, 5) is 8.17. The van der Waals surface area contributed by atoms with Crippen molar-refractivity contribution in [3.63, 3.8) is 0 Å². The summed E-state index contributed by atoms with van der Waals surface area (Å²) in [6.45, 7) is 0. The van der Waals surface area contributed by atoms with Gasteiger partial charge in [0.1, 0.15) is 5.82 Å². The molecule has 0 spiro atoms. The first-order chi connectivity index (χ1) is 8.69. The molecule has 0 saturated carbocycles. The molecule has 0 aliphatic rings. The third kappa shape index (κ3) is 3.32. The van der Waals surface area contributed by atoms with E-state index in [1.807, 2.05) is 6.07 Å². The molecule has 0 saturated heterocycles. The third-order valence-corrected chi connectivity index (χ3v) is 2.96. The van der Waals surface area contributed by atoms with Gasteiger partial charge in [-0.05, 0) is 30.2 Å². The van der Waals surface area contributed by atoms with Crippen molar-refractivity contribution >= 4 is 15.9 Å². The van der Waals surface area contributed by atoms with Gasteiger partial charge in [-0.2, -0.15) is 0 Å². The lowest BCUT2D eigenvalue weighted by molar-refractivity contribution is 0.533. The fraction of sp³-hybridized carbons (Fsp3) is 0.167. The molecule has 0 radical (unpaired) electrons. The van der Waals surface area contributed by atoms with E-state index >= 15 is 0 Å². The van der Waals surface area contributed by atoms with Crippen molar-refractivity contribution in [1.29, 1.82) is 0 Å². The molecule has 6 heteroatoms. The minimum Gasteiger partial charge on any atom is -0.271 e. The van der Waals surface area contributed by atoms with Gasteiger partial charge >= 0.3 is 0 Å². The van der Waals surface area contributed by atoms with Crippen LogP contribution >= 0.6 is 15.9 Å². The maximum Gasteiger partial charge on any atom is 0.124 e. The van der Waals surface area contributed by atoms with Crippen LogP contribution in [0.3, 0.4) is 0 Å². The summed E-state index contributed by atoms with van der Waals surface area (Å²) in [5, 5.41) is 0. The molecule has 0 fully saturated rings. The largest absolute Gasteiger partial charge is 0.271 e. The minimum atomic E-state index is -0.283. The Morgan fingerprint density at radius 3 is 2.78 bits per heavy atom. The quantitative estimate of drug-likeness (QED) is 0.671. The van der Waals surface area contributed by atoms with E-state index in [4.69, 9.17) is 5.84 Å². The van der Waals surface area contributed by atoms with Gasteiger partial charge in [0, 0.05) is 16.9 Å². The first-order valence-corrected chi connectivity index (χ1v) is 6.15. The SMILES string of the molecule is NNC(Cc1cc(F)cc(Br)c1)c1cnccn1. The van der Waals surface area contributed by atoms with Gasteiger partial charge in [-0.1, -0.05) is 15.9 Å². The maximum atomic E-state index is 13.3. The standard InChI is InChI=1S/C12H12BrFN4/c13-9-3-8(4-10(14)6-9)5-11(18-15)12-7-16-1-2-17-12/h1-4,6-7,11,18H,5,15H2. The van der Waals surface area contributed by atoms with Crippen LogP contribution in [0, 0.1) is 5.82 Å². The predicted molar refractivity (Wildman–Crippen MR) is 69.9 cm³/mol. The summed E-state index contributed by atoms with van der Waals surface area (Å²) < 4.78 is 14.0. The number of benzene rings is 1. The van der Waals surface area contributed by atoms with Crippen LogP contribution in [0.5, 0.6) is 0 Å². The minimum absolute atomic E-state index is 0.201. The second-order valence-corrected chi connectivity index (χ2v) is 4.75. The van der Waals surface area contributed by atoms with E-state index in [-0.39, 0.29) is 11.9 Å². The summed E-state index contributed by atoms with van der Waals surface area (Å²) in [6.07, 6.45) is 5.36. The van der Waals surface area contributed by atoms with E-state index in [1.54, 1.807) is 18.6 Å². The van der Waals surface area contributed by atoms with Crippen LogP contribution in [0.1, 0.15) is 17.3 Å². The first kappa shape index (κ1) is 13.1. The number of nitrogens with two attached hydrogens (primary N) is 1. The van der Waals surface area contributed by atoms with Crippen molar-refractivity contribution < 1.29 is 4.39 Å². The van der Waals surface area contributed by atoms with Gasteiger partial charge in [0.15, 0.2) is 0 Å². The van der Waals surface area contributed by atoms with Gasteiger partial charge < -0.3 is 0 Å². The molecule has 0 aliphatic carbocycles. The molecule has 1 heterocycles. The Balaban J connectivity index is 2.20. The lowest BCUT2D eigenvalue weighted by Gasteiger charge is -2.15. The second-order valence-electron chi connectivity index (χ2n) is 3.83. The van der Waals surface area contributed by atoms with Gasteiger partial charge in [-0.25, -0.2) is 4.39 Å². The smallest absolute Gasteiger partial charge is 0.124 e. The highest BCUT2D eigenvalue weighted by atomic mass is 79.9. The van der Waals surface area contributed by atoms with Crippen molar-refractivity contribution in [2.75, 3.05) is 0 Å². The summed E-state index contributed by atoms with van der Waals surface area (Å²) in [6, 6.07) is 4.54. The third-order valence-electron chi connectivity index (χ3n) is 2.50. The highest BCUT2D eigenvalue weighted by molar-refractivity contribution is 9.10. The van der Waals surface area contributed by atoms with E-state index in [9.17, 15) is 4.39 Å². The normalized spacial score (nSPS) is 12.4. The van der Waals surface area contributed by atoms with Crippen LogP contribution in [0.15, 0.2) is 41.3 Å². The summed E-state index contributed by atoms with van der Waals surface area (Å²) in [5.74, 6) is 5.22. The van der Waals surface area contributed by atoms with Crippen molar-refractivity contribution in [2.45, 2.75) is 12.5 Å². The molecule has 2 rings (SSSR count). The van der Waals surface area contributed by atoms with E-state index in [1.165, 1.54) is 12.1 Å². The average molecular weight is 311 g/mol. The number of nitrogens with one attached hydrogen (secondary N) is 1. The Labute approximate surface area is 113 Å². The Kier molecular flexibility index (Phi) is 4.35. The zero-order valence-corrected chi connectivity index (χ0v) is 11.1. The molecule has 94 valence electrons. The van der Waals surface area contributed by atoms with Crippen LogP contribution in [0.25, 0.3) is 0 Å².